The molecule has 0 spiro atoms. The zero-order chi connectivity index (χ0) is 17.6. The summed E-state index contributed by atoms with van der Waals surface area (Å²) < 4.78 is 5.93. The van der Waals surface area contributed by atoms with E-state index in [0.29, 0.717) is 10.8 Å². The number of fused-ring (bicyclic) bond motifs is 1. The fourth-order valence-corrected chi connectivity index (χ4v) is 3.87. The molecule has 0 radical (unpaired) electrons. The van der Waals surface area contributed by atoms with Gasteiger partial charge in [0.2, 0.25) is 0 Å². The smallest absolute Gasteiger partial charge is 0.289 e. The van der Waals surface area contributed by atoms with Crippen molar-refractivity contribution in [2.45, 2.75) is 33.1 Å². The predicted octanol–water partition coefficient (Wildman–Crippen LogP) is 4.26. The Morgan fingerprint density at radius 1 is 1.20 bits per heavy atom. The number of carbonyl (C=O) groups is 1. The summed E-state index contributed by atoms with van der Waals surface area (Å²) in [7, 11) is 0. The summed E-state index contributed by atoms with van der Waals surface area (Å²) in [6.45, 7) is 8.73. The van der Waals surface area contributed by atoms with Crippen LogP contribution >= 0.6 is 11.6 Å². The summed E-state index contributed by atoms with van der Waals surface area (Å²) in [6, 6.07) is 3.82. The van der Waals surface area contributed by atoms with Crippen molar-refractivity contribution < 1.29 is 9.21 Å². The molecule has 1 saturated heterocycles. The van der Waals surface area contributed by atoms with Crippen molar-refractivity contribution in [1.29, 1.82) is 0 Å². The topological polar surface area (TPSA) is 36.7 Å². The van der Waals surface area contributed by atoms with Gasteiger partial charge in [-0.1, -0.05) is 11.6 Å². The zero-order valence-electron chi connectivity index (χ0n) is 15.0. The highest BCUT2D eigenvalue weighted by molar-refractivity contribution is 6.32. The predicted molar refractivity (Wildman–Crippen MR) is 100 cm³/mol. The van der Waals surface area contributed by atoms with Crippen LogP contribution in [0.15, 0.2) is 16.5 Å². The lowest BCUT2D eigenvalue weighted by Crippen LogP contribution is -2.35. The van der Waals surface area contributed by atoms with Crippen molar-refractivity contribution in [2.75, 3.05) is 32.7 Å². The minimum Gasteiger partial charge on any atom is -0.451 e. The SMILES string of the molecule is Cc1cc2oc(C(=O)N3CCCN(CC4CC4)CC3)c(C)c2cc1Cl. The number of amides is 1. The molecule has 5 heteroatoms. The quantitative estimate of drug-likeness (QED) is 0.820. The van der Waals surface area contributed by atoms with Gasteiger partial charge in [0.05, 0.1) is 0 Å². The summed E-state index contributed by atoms with van der Waals surface area (Å²) in [4.78, 5) is 17.5. The second-order valence-corrected chi connectivity index (χ2v) is 7.95. The Morgan fingerprint density at radius 3 is 2.76 bits per heavy atom. The molecule has 2 heterocycles. The average molecular weight is 361 g/mol. The monoisotopic (exact) mass is 360 g/mol. The van der Waals surface area contributed by atoms with E-state index in [-0.39, 0.29) is 5.91 Å². The Morgan fingerprint density at radius 2 is 2.00 bits per heavy atom. The molecule has 134 valence electrons. The molecule has 2 aromatic rings. The fourth-order valence-electron chi connectivity index (χ4n) is 3.71. The highest BCUT2D eigenvalue weighted by atomic mass is 35.5. The fraction of sp³-hybridized carbons (Fsp3) is 0.550. The number of furan rings is 1. The van der Waals surface area contributed by atoms with E-state index in [1.165, 1.54) is 19.4 Å². The standard InChI is InChI=1S/C20H25ClN2O2/c1-13-10-18-16(11-17(13)21)14(2)19(25-18)20(24)23-7-3-6-22(8-9-23)12-15-4-5-15/h10-11,15H,3-9,12H2,1-2H3. The molecule has 1 aromatic carbocycles. The highest BCUT2D eigenvalue weighted by Crippen LogP contribution is 2.32. The van der Waals surface area contributed by atoms with Gasteiger partial charge in [0.25, 0.3) is 5.91 Å². The van der Waals surface area contributed by atoms with Gasteiger partial charge in [-0.2, -0.15) is 0 Å². The van der Waals surface area contributed by atoms with Crippen molar-refractivity contribution in [3.05, 3.63) is 34.0 Å². The third kappa shape index (κ3) is 3.42. The zero-order valence-corrected chi connectivity index (χ0v) is 15.7. The van der Waals surface area contributed by atoms with Gasteiger partial charge in [-0.05, 0) is 63.3 Å². The minimum absolute atomic E-state index is 0.00995. The largest absolute Gasteiger partial charge is 0.451 e. The van der Waals surface area contributed by atoms with Gasteiger partial charge in [-0.25, -0.2) is 0 Å². The third-order valence-corrected chi connectivity index (χ3v) is 5.91. The van der Waals surface area contributed by atoms with Crippen LogP contribution in [0.1, 0.15) is 40.9 Å². The first-order chi connectivity index (χ1) is 12.0. The third-order valence-electron chi connectivity index (χ3n) is 5.50. The van der Waals surface area contributed by atoms with Crippen LogP contribution in [0.25, 0.3) is 11.0 Å². The number of halogens is 1. The van der Waals surface area contributed by atoms with Gasteiger partial charge in [0, 0.05) is 42.2 Å². The Hall–Kier alpha value is -1.52. The van der Waals surface area contributed by atoms with Crippen LogP contribution in [0.2, 0.25) is 5.02 Å². The first-order valence-corrected chi connectivity index (χ1v) is 9.61. The van der Waals surface area contributed by atoms with Crippen molar-refractivity contribution >= 4 is 28.5 Å². The molecular weight excluding hydrogens is 336 g/mol. The maximum Gasteiger partial charge on any atom is 0.289 e. The lowest BCUT2D eigenvalue weighted by atomic mass is 10.1. The molecule has 1 aromatic heterocycles. The molecule has 1 saturated carbocycles. The Bertz CT molecular complexity index is 810. The van der Waals surface area contributed by atoms with Gasteiger partial charge in [0.15, 0.2) is 5.76 Å². The summed E-state index contributed by atoms with van der Waals surface area (Å²) in [6.07, 6.45) is 3.78. The van der Waals surface area contributed by atoms with Gasteiger partial charge < -0.3 is 14.2 Å². The van der Waals surface area contributed by atoms with Crippen LogP contribution in [0.4, 0.5) is 0 Å². The van der Waals surface area contributed by atoms with Crippen molar-refractivity contribution in [2.24, 2.45) is 5.92 Å². The summed E-state index contributed by atoms with van der Waals surface area (Å²) in [5.41, 5.74) is 2.60. The van der Waals surface area contributed by atoms with Gasteiger partial charge >= 0.3 is 0 Å². The van der Waals surface area contributed by atoms with Crippen LogP contribution in [0.3, 0.4) is 0 Å². The number of hydrogen-bond donors (Lipinski definition) is 0. The number of aryl methyl sites for hydroxylation is 2. The first-order valence-electron chi connectivity index (χ1n) is 9.24. The summed E-state index contributed by atoms with van der Waals surface area (Å²) in [5.74, 6) is 1.37. The molecule has 0 bridgehead atoms. The maximum absolute atomic E-state index is 13.0. The molecule has 1 amide bonds. The minimum atomic E-state index is 0.00995. The number of hydrogen-bond acceptors (Lipinski definition) is 3. The molecule has 0 N–H and O–H groups in total. The molecule has 4 nitrogen and oxygen atoms in total. The number of rotatable bonds is 3. The Labute approximate surface area is 153 Å². The maximum atomic E-state index is 13.0. The van der Waals surface area contributed by atoms with Crippen molar-refractivity contribution in [3.8, 4) is 0 Å². The summed E-state index contributed by atoms with van der Waals surface area (Å²) in [5, 5.41) is 1.64. The lowest BCUT2D eigenvalue weighted by molar-refractivity contribution is 0.0730. The molecule has 25 heavy (non-hydrogen) atoms. The highest BCUT2D eigenvalue weighted by Gasteiger charge is 2.28. The molecule has 1 aliphatic carbocycles. The second-order valence-electron chi connectivity index (χ2n) is 7.54. The molecule has 2 fully saturated rings. The van der Waals surface area contributed by atoms with E-state index in [1.807, 2.05) is 30.9 Å². The lowest BCUT2D eigenvalue weighted by Gasteiger charge is -2.21. The second kappa shape index (κ2) is 6.65. The van der Waals surface area contributed by atoms with Crippen LogP contribution < -0.4 is 0 Å². The molecule has 2 aliphatic rings. The van der Waals surface area contributed by atoms with E-state index >= 15 is 0 Å². The van der Waals surface area contributed by atoms with E-state index in [2.05, 4.69) is 4.90 Å². The molecule has 4 rings (SSSR count). The molecule has 1 aliphatic heterocycles. The number of nitrogens with zero attached hydrogens (tertiary/aromatic N) is 2. The van der Waals surface area contributed by atoms with Gasteiger partial charge in [-0.15, -0.1) is 0 Å². The molecular formula is C20H25ClN2O2. The van der Waals surface area contributed by atoms with E-state index in [1.54, 1.807) is 0 Å². The van der Waals surface area contributed by atoms with Gasteiger partial charge in [0.1, 0.15) is 5.58 Å². The van der Waals surface area contributed by atoms with Crippen molar-refractivity contribution in [1.82, 2.24) is 9.80 Å². The summed E-state index contributed by atoms with van der Waals surface area (Å²) >= 11 is 6.24. The van der Waals surface area contributed by atoms with E-state index in [0.717, 1.165) is 60.6 Å². The van der Waals surface area contributed by atoms with Crippen LogP contribution in [-0.4, -0.2) is 48.4 Å². The normalized spacial score (nSPS) is 19.4. The van der Waals surface area contributed by atoms with Crippen molar-refractivity contribution in [3.63, 3.8) is 0 Å². The van der Waals surface area contributed by atoms with E-state index in [9.17, 15) is 4.79 Å². The van der Waals surface area contributed by atoms with E-state index < -0.39 is 0 Å². The average Bonchev–Trinajstić information content (AvgIpc) is 3.38. The first kappa shape index (κ1) is 16.9. The van der Waals surface area contributed by atoms with Crippen LogP contribution in [0.5, 0.6) is 0 Å². The van der Waals surface area contributed by atoms with E-state index in [4.69, 9.17) is 16.0 Å². The number of benzene rings is 1. The van der Waals surface area contributed by atoms with Crippen LogP contribution in [0, 0.1) is 19.8 Å². The van der Waals surface area contributed by atoms with Crippen LogP contribution in [-0.2, 0) is 0 Å². The Kier molecular flexibility index (Phi) is 4.50. The van der Waals surface area contributed by atoms with Gasteiger partial charge in [-0.3, -0.25) is 4.79 Å². The molecule has 0 unspecified atom stereocenters. The number of carbonyl (C=O) groups excluding carboxylic acids is 1. The molecule has 0 atom stereocenters. The Balaban J connectivity index is 1.53.